The number of carbonyl (C=O) groups excluding carboxylic acids is 1. The molecule has 0 saturated carbocycles. The van der Waals surface area contributed by atoms with Crippen LogP contribution in [0.5, 0.6) is 5.75 Å². The highest BCUT2D eigenvalue weighted by Crippen LogP contribution is 2.29. The molecular weight excluding hydrogens is 280 g/mol. The second-order valence-electron chi connectivity index (χ2n) is 6.19. The van der Waals surface area contributed by atoms with Crippen molar-refractivity contribution in [1.82, 2.24) is 16.3 Å². The van der Waals surface area contributed by atoms with Crippen LogP contribution < -0.4 is 26.9 Å². The van der Waals surface area contributed by atoms with Gasteiger partial charge in [-0.1, -0.05) is 26.0 Å². The Morgan fingerprint density at radius 2 is 2.00 bits per heavy atom. The van der Waals surface area contributed by atoms with E-state index in [4.69, 9.17) is 10.6 Å². The molecule has 1 saturated heterocycles. The van der Waals surface area contributed by atoms with Gasteiger partial charge < -0.3 is 4.74 Å². The fraction of sp³-hybridized carbons (Fsp3) is 0.562. The molecule has 3 atom stereocenters. The summed E-state index contributed by atoms with van der Waals surface area (Å²) in [6.07, 6.45) is 1.03. The van der Waals surface area contributed by atoms with Gasteiger partial charge in [0.15, 0.2) is 0 Å². The molecule has 6 nitrogen and oxygen atoms in total. The summed E-state index contributed by atoms with van der Waals surface area (Å²) in [5.41, 5.74) is 9.53. The summed E-state index contributed by atoms with van der Waals surface area (Å²) in [6, 6.07) is 7.76. The maximum Gasteiger partial charge on any atom is 0.240 e. The molecule has 6 heteroatoms. The first-order chi connectivity index (χ1) is 10.5. The van der Waals surface area contributed by atoms with Crippen LogP contribution in [0.15, 0.2) is 24.3 Å². The Kier molecular flexibility index (Phi) is 5.76. The monoisotopic (exact) mass is 306 g/mol. The third-order valence-electron chi connectivity index (χ3n) is 4.01. The van der Waals surface area contributed by atoms with Gasteiger partial charge in [-0.05, 0) is 37.0 Å². The zero-order valence-electron chi connectivity index (χ0n) is 13.4. The minimum atomic E-state index is -0.252. The lowest BCUT2D eigenvalue weighted by molar-refractivity contribution is -0.125. The second-order valence-corrected chi connectivity index (χ2v) is 6.19. The van der Waals surface area contributed by atoms with E-state index in [1.54, 1.807) is 0 Å². The van der Waals surface area contributed by atoms with E-state index in [0.29, 0.717) is 5.92 Å². The summed E-state index contributed by atoms with van der Waals surface area (Å²) in [5.74, 6) is 6.34. The molecule has 0 aliphatic carbocycles. The molecule has 1 aliphatic heterocycles. The Hall–Kier alpha value is -1.63. The van der Waals surface area contributed by atoms with Gasteiger partial charge in [0.2, 0.25) is 5.91 Å². The molecule has 0 radical (unpaired) electrons. The lowest BCUT2D eigenvalue weighted by Gasteiger charge is -2.19. The molecule has 1 aromatic rings. The number of rotatable bonds is 6. The van der Waals surface area contributed by atoms with Crippen LogP contribution in [0.1, 0.15) is 38.8 Å². The molecular formula is C16H26N4O2. The van der Waals surface area contributed by atoms with Crippen molar-refractivity contribution in [2.45, 2.75) is 39.3 Å². The summed E-state index contributed by atoms with van der Waals surface area (Å²) < 4.78 is 5.72. The molecule has 22 heavy (non-hydrogen) atoms. The molecule has 1 fully saturated rings. The highest BCUT2D eigenvalue weighted by atomic mass is 16.5. The van der Waals surface area contributed by atoms with Crippen LogP contribution in [0, 0.1) is 11.8 Å². The largest absolute Gasteiger partial charge is 0.494 e. The first-order valence-corrected chi connectivity index (χ1v) is 7.77. The lowest BCUT2D eigenvalue weighted by Crippen LogP contribution is -2.41. The van der Waals surface area contributed by atoms with Gasteiger partial charge in [-0.2, -0.15) is 0 Å². The lowest BCUT2D eigenvalue weighted by atomic mass is 9.89. The van der Waals surface area contributed by atoms with Crippen LogP contribution in [0.3, 0.4) is 0 Å². The smallest absolute Gasteiger partial charge is 0.240 e. The van der Waals surface area contributed by atoms with Crippen molar-refractivity contribution in [2.75, 3.05) is 6.61 Å². The highest BCUT2D eigenvalue weighted by Gasteiger charge is 2.38. The maximum atomic E-state index is 11.9. The number of hydrazine groups is 2. The predicted octanol–water partition coefficient (Wildman–Crippen LogP) is 1.26. The van der Waals surface area contributed by atoms with Gasteiger partial charge in [-0.15, -0.1) is 0 Å². The van der Waals surface area contributed by atoms with Gasteiger partial charge in [-0.3, -0.25) is 15.6 Å². The minimum absolute atomic E-state index is 0.00974. The third-order valence-corrected chi connectivity index (χ3v) is 4.01. The molecule has 1 aromatic carbocycles. The Morgan fingerprint density at radius 3 is 2.59 bits per heavy atom. The van der Waals surface area contributed by atoms with E-state index in [1.165, 1.54) is 0 Å². The van der Waals surface area contributed by atoms with Gasteiger partial charge >= 0.3 is 0 Å². The van der Waals surface area contributed by atoms with E-state index in [9.17, 15) is 4.79 Å². The number of benzene rings is 1. The number of amides is 1. The Labute approximate surface area is 131 Å². The van der Waals surface area contributed by atoms with Crippen LogP contribution in [0.2, 0.25) is 0 Å². The Bertz CT molecular complexity index is 489. The molecule has 2 rings (SSSR count). The molecule has 0 spiro atoms. The van der Waals surface area contributed by atoms with Crippen LogP contribution in [0.25, 0.3) is 0 Å². The molecule has 1 amide bonds. The summed E-state index contributed by atoms with van der Waals surface area (Å²) >= 11 is 0. The fourth-order valence-corrected chi connectivity index (χ4v) is 2.64. The maximum absolute atomic E-state index is 11.9. The molecule has 0 aromatic heterocycles. The topological polar surface area (TPSA) is 88.4 Å². The van der Waals surface area contributed by atoms with E-state index >= 15 is 0 Å². The number of carbonyl (C=O) groups is 1. The first kappa shape index (κ1) is 16.7. The van der Waals surface area contributed by atoms with Gasteiger partial charge in [0, 0.05) is 6.04 Å². The van der Waals surface area contributed by atoms with E-state index in [0.717, 1.165) is 24.3 Å². The summed E-state index contributed by atoms with van der Waals surface area (Å²) in [4.78, 5) is 11.9. The van der Waals surface area contributed by atoms with Crippen LogP contribution in [-0.2, 0) is 4.79 Å². The average molecular weight is 306 g/mol. The Morgan fingerprint density at radius 1 is 1.32 bits per heavy atom. The molecule has 5 N–H and O–H groups in total. The molecule has 0 bridgehead atoms. The summed E-state index contributed by atoms with van der Waals surface area (Å²) in [5, 5.41) is 0. The number of ether oxygens (including phenoxy) is 1. The number of hydrogen-bond acceptors (Lipinski definition) is 5. The van der Waals surface area contributed by atoms with Gasteiger partial charge in [0.05, 0.1) is 18.6 Å². The van der Waals surface area contributed by atoms with Crippen molar-refractivity contribution in [3.05, 3.63) is 29.8 Å². The van der Waals surface area contributed by atoms with Crippen molar-refractivity contribution in [3.8, 4) is 5.75 Å². The third kappa shape index (κ3) is 3.97. The average Bonchev–Trinajstić information content (AvgIpc) is 2.88. The number of nitrogens with two attached hydrogens (primary N) is 1. The van der Waals surface area contributed by atoms with E-state index in [-0.39, 0.29) is 23.9 Å². The van der Waals surface area contributed by atoms with Gasteiger partial charge in [0.25, 0.3) is 0 Å². The predicted molar refractivity (Wildman–Crippen MR) is 85.7 cm³/mol. The van der Waals surface area contributed by atoms with Crippen molar-refractivity contribution < 1.29 is 9.53 Å². The molecule has 122 valence electrons. The standard InChI is InChI=1S/C16H26N4O2/c1-10(2)8-9-22-13-6-4-12(5-7-13)15-14(16(21)18-17)11(3)19-20-15/h4-7,10-11,14-15,19-20H,8-9,17H2,1-3H3,(H,18,21). The highest BCUT2D eigenvalue weighted by molar-refractivity contribution is 5.80. The van der Waals surface area contributed by atoms with Gasteiger partial charge in [0.1, 0.15) is 5.75 Å². The minimum Gasteiger partial charge on any atom is -0.494 e. The van der Waals surface area contributed by atoms with Crippen molar-refractivity contribution in [3.63, 3.8) is 0 Å². The molecule has 1 heterocycles. The normalized spacial score (nSPS) is 24.5. The molecule has 3 unspecified atom stereocenters. The van der Waals surface area contributed by atoms with Crippen LogP contribution >= 0.6 is 0 Å². The zero-order valence-corrected chi connectivity index (χ0v) is 13.4. The second kappa shape index (κ2) is 7.58. The van der Waals surface area contributed by atoms with E-state index in [1.807, 2.05) is 31.2 Å². The van der Waals surface area contributed by atoms with E-state index in [2.05, 4.69) is 30.1 Å². The fourth-order valence-electron chi connectivity index (χ4n) is 2.64. The van der Waals surface area contributed by atoms with Gasteiger partial charge in [-0.25, -0.2) is 11.3 Å². The quantitative estimate of drug-likeness (QED) is 0.361. The summed E-state index contributed by atoms with van der Waals surface area (Å²) in [6.45, 7) is 7.02. The molecule has 1 aliphatic rings. The van der Waals surface area contributed by atoms with Crippen molar-refractivity contribution in [1.29, 1.82) is 0 Å². The van der Waals surface area contributed by atoms with E-state index < -0.39 is 0 Å². The number of nitrogens with one attached hydrogen (secondary N) is 3. The Balaban J connectivity index is 2.01. The summed E-state index contributed by atoms with van der Waals surface area (Å²) in [7, 11) is 0. The van der Waals surface area contributed by atoms with Crippen LogP contribution in [0.4, 0.5) is 0 Å². The number of hydrogen-bond donors (Lipinski definition) is 4. The zero-order chi connectivity index (χ0) is 16.1. The SMILES string of the molecule is CC(C)CCOc1ccc(C2NNC(C)C2C(=O)NN)cc1. The first-order valence-electron chi connectivity index (χ1n) is 7.77. The van der Waals surface area contributed by atoms with Crippen molar-refractivity contribution in [2.24, 2.45) is 17.7 Å². The van der Waals surface area contributed by atoms with Crippen molar-refractivity contribution >= 4 is 5.91 Å². The van der Waals surface area contributed by atoms with Crippen LogP contribution in [-0.4, -0.2) is 18.6 Å².